The molecule has 0 amide bonds. The Morgan fingerprint density at radius 2 is 1.47 bits per heavy atom. The maximum absolute atomic E-state index is 8.91. The number of para-hydroxylation sites is 2. The van der Waals surface area contributed by atoms with Gasteiger partial charge in [0.25, 0.3) is 0 Å². The largest absolute Gasteiger partial charge is 0.333 e. The molecule has 0 aliphatic rings. The van der Waals surface area contributed by atoms with Gasteiger partial charge in [-0.1, -0.05) is 130 Å². The normalized spacial score (nSPS) is 12.7. The van der Waals surface area contributed by atoms with Gasteiger partial charge in [-0.2, -0.15) is 0 Å². The minimum atomic E-state index is -2.09. The molecule has 1 radical (unpaired) electrons. The van der Waals surface area contributed by atoms with Gasteiger partial charge in [-0.25, -0.2) is 0 Å². The number of aryl methyl sites for hydroxylation is 1. The van der Waals surface area contributed by atoms with Crippen molar-refractivity contribution >= 4 is 32.5 Å². The molecule has 0 saturated carbocycles. The van der Waals surface area contributed by atoms with Crippen LogP contribution in [-0.2, 0) is 26.5 Å². The molecular weight excluding hydrogens is 819 g/mol. The van der Waals surface area contributed by atoms with E-state index in [0.717, 1.165) is 55.0 Å². The average Bonchev–Trinajstić information content (AvgIpc) is 3.83. The van der Waals surface area contributed by atoms with E-state index in [0.29, 0.717) is 11.1 Å². The van der Waals surface area contributed by atoms with Gasteiger partial charge in [-0.15, -0.1) is 47.3 Å². The minimum Gasteiger partial charge on any atom is -0.333 e. The smallest absolute Gasteiger partial charge is 0.0774 e. The van der Waals surface area contributed by atoms with E-state index in [1.165, 1.54) is 23.1 Å². The second-order valence-electron chi connectivity index (χ2n) is 11.7. The van der Waals surface area contributed by atoms with Crippen LogP contribution in [0.2, 0.25) is 0 Å². The van der Waals surface area contributed by atoms with E-state index in [4.69, 9.17) is 11.8 Å². The number of nitrogens with zero attached hydrogens (tertiary/aromatic N) is 3. The maximum Gasteiger partial charge on any atom is 0.0774 e. The van der Waals surface area contributed by atoms with Crippen molar-refractivity contribution in [2.75, 3.05) is 0 Å². The van der Waals surface area contributed by atoms with Gasteiger partial charge in [0.15, 0.2) is 0 Å². The first-order valence-electron chi connectivity index (χ1n) is 18.7. The minimum absolute atomic E-state index is 0. The molecule has 3 heterocycles. The van der Waals surface area contributed by atoms with Crippen LogP contribution in [0, 0.1) is 18.3 Å². The first-order valence-corrected chi connectivity index (χ1v) is 17.1. The van der Waals surface area contributed by atoms with Crippen LogP contribution in [0.4, 0.5) is 0 Å². The molecule has 249 valence electrons. The van der Waals surface area contributed by atoms with Crippen LogP contribution >= 0.6 is 11.3 Å². The van der Waals surface area contributed by atoms with Crippen LogP contribution in [0.1, 0.15) is 23.5 Å². The number of fused-ring (bicyclic) bond motifs is 2. The summed E-state index contributed by atoms with van der Waals surface area (Å²) in [6.45, 7) is -2.09. The fourth-order valence-electron chi connectivity index (χ4n) is 5.90. The zero-order valence-electron chi connectivity index (χ0n) is 32.2. The summed E-state index contributed by atoms with van der Waals surface area (Å²) in [6.07, 6.45) is -0.231. The van der Waals surface area contributed by atoms with Crippen molar-refractivity contribution in [2.45, 2.75) is 13.2 Å². The summed E-state index contributed by atoms with van der Waals surface area (Å²) in [5.41, 5.74) is 9.25. The molecule has 0 fully saturated rings. The molecule has 0 saturated heterocycles. The van der Waals surface area contributed by atoms with Crippen LogP contribution in [-0.4, -0.2) is 14.5 Å². The fourth-order valence-corrected chi connectivity index (χ4v) is 6.72. The monoisotopic (exact) mass is 857 g/mol. The first kappa shape index (κ1) is 28.3. The van der Waals surface area contributed by atoms with Gasteiger partial charge >= 0.3 is 0 Å². The van der Waals surface area contributed by atoms with Crippen molar-refractivity contribution in [3.05, 3.63) is 198 Å². The number of imidazole rings is 1. The Bertz CT molecular complexity index is 2700. The van der Waals surface area contributed by atoms with Gasteiger partial charge in [0.2, 0.25) is 0 Å². The number of aromatic nitrogens is 3. The second kappa shape index (κ2) is 15.6. The summed E-state index contributed by atoms with van der Waals surface area (Å²) in [5, 5.41) is 4.45. The van der Waals surface area contributed by atoms with Gasteiger partial charge in [-0.3, -0.25) is 16.3 Å². The topological polar surface area (TPSA) is 30.7 Å². The third-order valence-electron chi connectivity index (χ3n) is 8.34. The molecule has 0 aliphatic carbocycles. The molecule has 9 rings (SSSR count). The van der Waals surface area contributed by atoms with Crippen LogP contribution in [0.15, 0.2) is 170 Å². The predicted octanol–water partition coefficient (Wildman–Crippen LogP) is 11.8. The van der Waals surface area contributed by atoms with E-state index >= 15 is 0 Å². The number of rotatable bonds is 6. The van der Waals surface area contributed by atoms with E-state index in [2.05, 4.69) is 75.6 Å². The number of thiophene rings is 1. The Hall–Kier alpha value is -5.45. The molecule has 9 aromatic rings. The summed E-state index contributed by atoms with van der Waals surface area (Å²) < 4.78 is 42.7. The van der Waals surface area contributed by atoms with Crippen LogP contribution < -0.4 is 0 Å². The number of pyridine rings is 1. The van der Waals surface area contributed by atoms with Crippen molar-refractivity contribution in [1.29, 1.82) is 0 Å². The second-order valence-corrected chi connectivity index (χ2v) is 12.5. The molecule has 5 heteroatoms. The molecule has 51 heavy (non-hydrogen) atoms. The maximum atomic E-state index is 8.91. The summed E-state index contributed by atoms with van der Waals surface area (Å²) in [6, 6.07) is 56.0. The molecule has 0 bridgehead atoms. The van der Waals surface area contributed by atoms with Crippen molar-refractivity contribution in [3.8, 4) is 39.5 Å². The zero-order valence-corrected chi connectivity index (χ0v) is 30.5. The van der Waals surface area contributed by atoms with Crippen LogP contribution in [0.3, 0.4) is 0 Å². The summed E-state index contributed by atoms with van der Waals surface area (Å²) in [5.74, 6) is 0.798. The summed E-state index contributed by atoms with van der Waals surface area (Å²) in [7, 11) is 0. The quantitative estimate of drug-likeness (QED) is 0.156. The first-order chi connectivity index (χ1) is 26.7. The number of benzene rings is 6. The van der Waals surface area contributed by atoms with Crippen molar-refractivity contribution in [2.24, 2.45) is 0 Å². The summed E-state index contributed by atoms with van der Waals surface area (Å²) >= 11 is 1.54. The Morgan fingerprint density at radius 3 is 2.22 bits per heavy atom. The number of hydrogen-bond donors (Lipinski definition) is 0. The van der Waals surface area contributed by atoms with Crippen molar-refractivity contribution < 1.29 is 27.0 Å². The average molecular weight is 857 g/mol. The van der Waals surface area contributed by atoms with Gasteiger partial charge < -0.3 is 9.55 Å². The van der Waals surface area contributed by atoms with Gasteiger partial charge in [0.1, 0.15) is 0 Å². The van der Waals surface area contributed by atoms with Crippen LogP contribution in [0.25, 0.3) is 60.6 Å². The van der Waals surface area contributed by atoms with E-state index in [-0.39, 0.29) is 25.7 Å². The third-order valence-corrected chi connectivity index (χ3v) is 9.22. The molecule has 0 spiro atoms. The zero-order chi connectivity index (χ0) is 38.0. The summed E-state index contributed by atoms with van der Waals surface area (Å²) in [4.78, 5) is 9.18. The van der Waals surface area contributed by atoms with Crippen molar-refractivity contribution in [3.63, 3.8) is 0 Å². The Labute approximate surface area is 323 Å². The Balaban J connectivity index is 0.000000238. The molecular formula is C46H33IrN3S-2. The number of hydrogen-bond acceptors (Lipinski definition) is 3. The van der Waals surface area contributed by atoms with Crippen LogP contribution in [0.5, 0.6) is 0 Å². The van der Waals surface area contributed by atoms with Crippen molar-refractivity contribution in [1.82, 2.24) is 14.5 Å². The SMILES string of the molecule is [2H]C([2H])([2H])c1ccc(-c2[c-]cccc2)nc1.[2H]C([2H])(c1ccccc1)c1ccc2s[c-]c(-c3nc4ccccc4n3-c3ccc(-c4ccccc4)cc3)c2c1.[Ir]. The standard InChI is InChI=1S/C34H23N2S.C12H10N.Ir/c1-3-9-24(10-4-1)21-25-15-20-33-29(22-25)30(23-37-33)34-35-31-13-7-8-14-32(31)36(34)28-18-16-27(17-19-28)26-11-5-2-6-12-26;1-10-7-8-12(13-9-10)11-5-3-2-4-6-11;/h1-20,22H,21H2;2-5,7-9H,1H3;/q2*-1;/i21D2;1D3;. The Morgan fingerprint density at radius 1 is 0.725 bits per heavy atom. The van der Waals surface area contributed by atoms with Gasteiger partial charge in [-0.05, 0) is 65.4 Å². The molecule has 3 nitrogen and oxygen atoms in total. The molecule has 0 N–H and O–H groups in total. The predicted molar refractivity (Wildman–Crippen MR) is 209 cm³/mol. The molecule has 0 atom stereocenters. The van der Waals surface area contributed by atoms with Gasteiger partial charge in [0, 0.05) is 38.8 Å². The van der Waals surface area contributed by atoms with E-state index in [9.17, 15) is 0 Å². The molecule has 3 aromatic heterocycles. The van der Waals surface area contributed by atoms with E-state index < -0.39 is 13.2 Å². The van der Waals surface area contributed by atoms with Gasteiger partial charge in [0.05, 0.1) is 16.9 Å². The fraction of sp³-hybridized carbons (Fsp3) is 0.0435. The molecule has 0 aliphatic heterocycles. The molecule has 0 unspecified atom stereocenters. The third kappa shape index (κ3) is 7.52. The Kier molecular flexibility index (Phi) is 8.66. The van der Waals surface area contributed by atoms with E-state index in [1.807, 2.05) is 91.0 Å². The molecule has 6 aromatic carbocycles. The van der Waals surface area contributed by atoms with E-state index in [1.54, 1.807) is 18.2 Å².